The highest BCUT2D eigenvalue weighted by molar-refractivity contribution is 5.54. The van der Waals surface area contributed by atoms with Crippen molar-refractivity contribution in [2.75, 3.05) is 44.2 Å². The molecule has 18 heavy (non-hydrogen) atoms. The van der Waals surface area contributed by atoms with Crippen LogP contribution in [-0.2, 0) is 6.42 Å². The predicted octanol–water partition coefficient (Wildman–Crippen LogP) is 1.47. The fourth-order valence-corrected chi connectivity index (χ4v) is 2.52. The molecule has 0 atom stereocenters. The fourth-order valence-electron chi connectivity index (χ4n) is 2.52. The molecule has 100 valence electrons. The van der Waals surface area contributed by atoms with Crippen molar-refractivity contribution < 1.29 is 4.39 Å². The van der Waals surface area contributed by atoms with Crippen molar-refractivity contribution in [3.8, 4) is 0 Å². The highest BCUT2D eigenvalue weighted by atomic mass is 19.1. The molecule has 1 fully saturated rings. The Morgan fingerprint density at radius 2 is 1.94 bits per heavy atom. The quantitative estimate of drug-likeness (QED) is 0.879. The van der Waals surface area contributed by atoms with E-state index in [2.05, 4.69) is 16.7 Å². The Bertz CT molecular complexity index is 387. The van der Waals surface area contributed by atoms with Crippen LogP contribution < -0.4 is 10.6 Å². The maximum atomic E-state index is 13.3. The second-order valence-electron chi connectivity index (χ2n) is 4.73. The van der Waals surface area contributed by atoms with Crippen LogP contribution in [0.15, 0.2) is 18.2 Å². The average Bonchev–Trinajstić information content (AvgIpc) is 2.40. The normalized spacial score (nSPS) is 17.2. The van der Waals surface area contributed by atoms with Crippen LogP contribution in [0, 0.1) is 5.82 Å². The smallest absolute Gasteiger partial charge is 0.123 e. The fraction of sp³-hybridized carbons (Fsp3) is 0.571. The minimum atomic E-state index is -0.172. The van der Waals surface area contributed by atoms with Gasteiger partial charge in [0.05, 0.1) is 0 Å². The third-order valence-electron chi connectivity index (χ3n) is 3.62. The van der Waals surface area contributed by atoms with E-state index in [1.165, 1.54) is 0 Å². The van der Waals surface area contributed by atoms with E-state index in [1.54, 1.807) is 12.1 Å². The van der Waals surface area contributed by atoms with Crippen LogP contribution in [-0.4, -0.2) is 44.2 Å². The van der Waals surface area contributed by atoms with Gasteiger partial charge in [0.25, 0.3) is 0 Å². The van der Waals surface area contributed by atoms with Gasteiger partial charge in [0.15, 0.2) is 0 Å². The summed E-state index contributed by atoms with van der Waals surface area (Å²) in [5.41, 5.74) is 7.78. The maximum absolute atomic E-state index is 13.3. The Hall–Kier alpha value is -1.13. The SMILES string of the molecule is CCN1CCN(c2ccc(F)cc2CCN)CC1. The lowest BCUT2D eigenvalue weighted by molar-refractivity contribution is 0.271. The first-order valence-corrected chi connectivity index (χ1v) is 6.70. The Morgan fingerprint density at radius 3 is 2.56 bits per heavy atom. The van der Waals surface area contributed by atoms with Crippen molar-refractivity contribution in [3.63, 3.8) is 0 Å². The highest BCUT2D eigenvalue weighted by Crippen LogP contribution is 2.23. The van der Waals surface area contributed by atoms with Gasteiger partial charge in [-0.25, -0.2) is 4.39 Å². The van der Waals surface area contributed by atoms with Crippen molar-refractivity contribution in [3.05, 3.63) is 29.6 Å². The van der Waals surface area contributed by atoms with Gasteiger partial charge in [-0.05, 0) is 43.3 Å². The van der Waals surface area contributed by atoms with Crippen molar-refractivity contribution in [1.82, 2.24) is 4.90 Å². The first-order valence-electron chi connectivity index (χ1n) is 6.70. The van der Waals surface area contributed by atoms with Crippen LogP contribution in [0.3, 0.4) is 0 Å². The van der Waals surface area contributed by atoms with Crippen LogP contribution >= 0.6 is 0 Å². The Morgan fingerprint density at radius 1 is 1.22 bits per heavy atom. The molecule has 1 aromatic carbocycles. The molecule has 0 spiro atoms. The van der Waals surface area contributed by atoms with Gasteiger partial charge in [-0.2, -0.15) is 0 Å². The molecule has 0 bridgehead atoms. The zero-order valence-electron chi connectivity index (χ0n) is 11.0. The molecule has 0 amide bonds. The number of likely N-dealkylation sites (N-methyl/N-ethyl adjacent to an activating group) is 1. The maximum Gasteiger partial charge on any atom is 0.123 e. The van der Waals surface area contributed by atoms with Gasteiger partial charge in [0.1, 0.15) is 5.82 Å². The third-order valence-corrected chi connectivity index (χ3v) is 3.62. The first-order chi connectivity index (χ1) is 8.74. The minimum Gasteiger partial charge on any atom is -0.369 e. The Kier molecular flexibility index (Phi) is 4.55. The van der Waals surface area contributed by atoms with E-state index >= 15 is 0 Å². The standard InChI is InChI=1S/C14H22FN3/c1-2-17-7-9-18(10-8-17)14-4-3-13(15)11-12(14)5-6-16/h3-4,11H,2,5-10,16H2,1H3. The number of nitrogens with zero attached hydrogens (tertiary/aromatic N) is 2. The second-order valence-corrected chi connectivity index (χ2v) is 4.73. The molecule has 1 heterocycles. The summed E-state index contributed by atoms with van der Waals surface area (Å²) in [4.78, 5) is 4.78. The first kappa shape index (κ1) is 13.3. The summed E-state index contributed by atoms with van der Waals surface area (Å²) >= 11 is 0. The number of nitrogens with two attached hydrogens (primary N) is 1. The van der Waals surface area contributed by atoms with E-state index in [0.717, 1.165) is 50.4 Å². The minimum absolute atomic E-state index is 0.172. The third kappa shape index (κ3) is 3.00. The average molecular weight is 251 g/mol. The summed E-state index contributed by atoms with van der Waals surface area (Å²) in [5, 5.41) is 0. The van der Waals surface area contributed by atoms with Crippen LogP contribution in [0.4, 0.5) is 10.1 Å². The van der Waals surface area contributed by atoms with Gasteiger partial charge in [-0.15, -0.1) is 0 Å². The molecule has 0 radical (unpaired) electrons. The van der Waals surface area contributed by atoms with Gasteiger partial charge < -0.3 is 15.5 Å². The van der Waals surface area contributed by atoms with Crippen molar-refractivity contribution in [2.45, 2.75) is 13.3 Å². The Labute approximate surface area is 108 Å². The van der Waals surface area contributed by atoms with Crippen molar-refractivity contribution in [2.24, 2.45) is 5.73 Å². The van der Waals surface area contributed by atoms with Gasteiger partial charge in [-0.3, -0.25) is 0 Å². The van der Waals surface area contributed by atoms with Crippen LogP contribution in [0.5, 0.6) is 0 Å². The molecule has 2 rings (SSSR count). The van der Waals surface area contributed by atoms with E-state index in [0.29, 0.717) is 6.54 Å². The molecule has 1 aliphatic rings. The zero-order chi connectivity index (χ0) is 13.0. The van der Waals surface area contributed by atoms with E-state index < -0.39 is 0 Å². The van der Waals surface area contributed by atoms with Crippen LogP contribution in [0.25, 0.3) is 0 Å². The largest absolute Gasteiger partial charge is 0.369 e. The lowest BCUT2D eigenvalue weighted by atomic mass is 10.1. The predicted molar refractivity (Wildman–Crippen MR) is 73.5 cm³/mol. The molecule has 1 aromatic rings. The Balaban J connectivity index is 2.13. The van der Waals surface area contributed by atoms with E-state index in [-0.39, 0.29) is 5.82 Å². The van der Waals surface area contributed by atoms with Gasteiger partial charge >= 0.3 is 0 Å². The number of hydrogen-bond acceptors (Lipinski definition) is 3. The van der Waals surface area contributed by atoms with Crippen LogP contribution in [0.1, 0.15) is 12.5 Å². The number of rotatable bonds is 4. The summed E-state index contributed by atoms with van der Waals surface area (Å²) in [6, 6.07) is 5.05. The molecular weight excluding hydrogens is 229 g/mol. The summed E-state index contributed by atoms with van der Waals surface area (Å²) in [7, 11) is 0. The summed E-state index contributed by atoms with van der Waals surface area (Å²) in [6.07, 6.45) is 0.737. The molecule has 0 unspecified atom stereocenters. The number of anilines is 1. The molecule has 4 heteroatoms. The molecule has 3 nitrogen and oxygen atoms in total. The molecule has 0 saturated carbocycles. The number of hydrogen-bond donors (Lipinski definition) is 1. The van der Waals surface area contributed by atoms with E-state index in [4.69, 9.17) is 5.73 Å². The summed E-state index contributed by atoms with van der Waals surface area (Å²) in [6.45, 7) is 8.03. The summed E-state index contributed by atoms with van der Waals surface area (Å²) in [5.74, 6) is -0.172. The lowest BCUT2D eigenvalue weighted by Gasteiger charge is -2.36. The van der Waals surface area contributed by atoms with E-state index in [1.807, 2.05) is 6.07 Å². The van der Waals surface area contributed by atoms with E-state index in [9.17, 15) is 4.39 Å². The van der Waals surface area contributed by atoms with Gasteiger partial charge in [-0.1, -0.05) is 6.92 Å². The van der Waals surface area contributed by atoms with Gasteiger partial charge in [0.2, 0.25) is 0 Å². The zero-order valence-corrected chi connectivity index (χ0v) is 11.0. The molecule has 1 aliphatic heterocycles. The topological polar surface area (TPSA) is 32.5 Å². The molecular formula is C14H22FN3. The second kappa shape index (κ2) is 6.16. The van der Waals surface area contributed by atoms with Crippen molar-refractivity contribution >= 4 is 5.69 Å². The van der Waals surface area contributed by atoms with Gasteiger partial charge in [0, 0.05) is 31.9 Å². The molecule has 0 aromatic heterocycles. The molecule has 0 aliphatic carbocycles. The monoisotopic (exact) mass is 251 g/mol. The number of piperazine rings is 1. The molecule has 2 N–H and O–H groups in total. The summed E-state index contributed by atoms with van der Waals surface area (Å²) < 4.78 is 13.3. The lowest BCUT2D eigenvalue weighted by Crippen LogP contribution is -2.46. The van der Waals surface area contributed by atoms with Crippen LogP contribution in [0.2, 0.25) is 0 Å². The van der Waals surface area contributed by atoms with Crippen molar-refractivity contribution in [1.29, 1.82) is 0 Å². The number of halogens is 1. The molecule has 1 saturated heterocycles. The highest BCUT2D eigenvalue weighted by Gasteiger charge is 2.18. The number of benzene rings is 1.